The summed E-state index contributed by atoms with van der Waals surface area (Å²) in [4.78, 5) is 12.8. The predicted octanol–water partition coefficient (Wildman–Crippen LogP) is 3.28. The smallest absolute Gasteiger partial charge is 0.252 e. The summed E-state index contributed by atoms with van der Waals surface area (Å²) in [6.45, 7) is 4.51. The maximum atomic E-state index is 12.1. The molecular weight excluding hydrogens is 230 g/mol. The van der Waals surface area contributed by atoms with Gasteiger partial charge >= 0.3 is 0 Å². The first-order chi connectivity index (χ1) is 7.98. The molecule has 1 atom stereocenters. The van der Waals surface area contributed by atoms with Gasteiger partial charge in [0, 0.05) is 10.9 Å². The molecule has 0 aliphatic heterocycles. The lowest BCUT2D eigenvalue weighted by Gasteiger charge is -2.18. The molecule has 1 aliphatic carbocycles. The minimum Gasteiger partial charge on any atom is -0.349 e. The van der Waals surface area contributed by atoms with Crippen LogP contribution in [0.2, 0.25) is 0 Å². The molecule has 3 heteroatoms. The lowest BCUT2D eigenvalue weighted by Crippen LogP contribution is -2.33. The van der Waals surface area contributed by atoms with Gasteiger partial charge in [-0.25, -0.2) is 0 Å². The second-order valence-electron chi connectivity index (χ2n) is 5.59. The summed E-state index contributed by atoms with van der Waals surface area (Å²) >= 11 is 4.31. The van der Waals surface area contributed by atoms with Gasteiger partial charge in [0.15, 0.2) is 0 Å². The van der Waals surface area contributed by atoms with E-state index in [2.05, 4.69) is 31.8 Å². The van der Waals surface area contributed by atoms with E-state index in [1.54, 1.807) is 0 Å². The molecule has 0 radical (unpaired) electrons. The largest absolute Gasteiger partial charge is 0.349 e. The van der Waals surface area contributed by atoms with E-state index in [1.165, 1.54) is 6.42 Å². The summed E-state index contributed by atoms with van der Waals surface area (Å²) in [5.74, 6) is -0.00157. The average Bonchev–Trinajstić information content (AvgIpc) is 2.58. The summed E-state index contributed by atoms with van der Waals surface area (Å²) in [5.41, 5.74) is 1.03. The highest BCUT2D eigenvalue weighted by Gasteiger charge is 2.31. The number of nitrogens with one attached hydrogen (secondary N) is 1. The van der Waals surface area contributed by atoms with Crippen molar-refractivity contribution in [2.24, 2.45) is 5.41 Å². The van der Waals surface area contributed by atoms with Crippen molar-refractivity contribution >= 4 is 18.5 Å². The molecule has 0 bridgehead atoms. The van der Waals surface area contributed by atoms with Crippen molar-refractivity contribution in [3.8, 4) is 0 Å². The highest BCUT2D eigenvalue weighted by Crippen LogP contribution is 2.37. The second-order valence-corrected chi connectivity index (χ2v) is 6.08. The van der Waals surface area contributed by atoms with Gasteiger partial charge in [0.1, 0.15) is 0 Å². The zero-order valence-corrected chi connectivity index (χ0v) is 11.3. The van der Waals surface area contributed by atoms with Gasteiger partial charge in [-0.3, -0.25) is 4.79 Å². The molecule has 1 unspecified atom stereocenters. The van der Waals surface area contributed by atoms with Crippen LogP contribution in [0, 0.1) is 5.41 Å². The Kier molecular flexibility index (Phi) is 3.48. The molecular formula is C14H19NOS. The third-order valence-electron chi connectivity index (χ3n) is 3.45. The third kappa shape index (κ3) is 3.03. The molecule has 1 aliphatic rings. The van der Waals surface area contributed by atoms with E-state index in [-0.39, 0.29) is 5.91 Å². The topological polar surface area (TPSA) is 29.1 Å². The van der Waals surface area contributed by atoms with Gasteiger partial charge in [-0.1, -0.05) is 26.0 Å². The molecule has 1 fully saturated rings. The van der Waals surface area contributed by atoms with Crippen LogP contribution in [0.25, 0.3) is 0 Å². The van der Waals surface area contributed by atoms with Crippen LogP contribution in [-0.4, -0.2) is 11.9 Å². The highest BCUT2D eigenvalue weighted by atomic mass is 32.1. The highest BCUT2D eigenvalue weighted by molar-refractivity contribution is 7.80. The molecule has 0 aromatic heterocycles. The van der Waals surface area contributed by atoms with E-state index < -0.39 is 0 Å². The van der Waals surface area contributed by atoms with Gasteiger partial charge in [0.25, 0.3) is 5.91 Å². The number of amides is 1. The summed E-state index contributed by atoms with van der Waals surface area (Å²) in [7, 11) is 0. The van der Waals surface area contributed by atoms with Crippen LogP contribution in [0.1, 0.15) is 43.5 Å². The lowest BCUT2D eigenvalue weighted by atomic mass is 9.92. The molecule has 0 heterocycles. The molecule has 2 nitrogen and oxygen atoms in total. The molecule has 1 aromatic carbocycles. The van der Waals surface area contributed by atoms with Crippen LogP contribution in [0.5, 0.6) is 0 Å². The van der Waals surface area contributed by atoms with E-state index in [4.69, 9.17) is 0 Å². The number of benzene rings is 1. The van der Waals surface area contributed by atoms with Crippen molar-refractivity contribution in [3.63, 3.8) is 0 Å². The fourth-order valence-corrected chi connectivity index (χ4v) is 2.75. The zero-order valence-electron chi connectivity index (χ0n) is 10.4. The minimum atomic E-state index is -0.00157. The van der Waals surface area contributed by atoms with Gasteiger partial charge in [-0.15, -0.1) is 12.6 Å². The average molecular weight is 249 g/mol. The van der Waals surface area contributed by atoms with Gasteiger partial charge in [-0.05, 0) is 36.8 Å². The van der Waals surface area contributed by atoms with Crippen LogP contribution in [-0.2, 0) is 0 Å². The lowest BCUT2D eigenvalue weighted by molar-refractivity contribution is 0.0933. The van der Waals surface area contributed by atoms with Crippen LogP contribution in [0.4, 0.5) is 0 Å². The molecule has 0 spiro atoms. The number of thiol groups is 1. The Morgan fingerprint density at radius 3 is 2.71 bits per heavy atom. The minimum absolute atomic E-state index is 0.00157. The maximum Gasteiger partial charge on any atom is 0.252 e. The molecule has 17 heavy (non-hydrogen) atoms. The van der Waals surface area contributed by atoms with Crippen LogP contribution >= 0.6 is 12.6 Å². The fraction of sp³-hybridized carbons (Fsp3) is 0.500. The van der Waals surface area contributed by atoms with Crippen molar-refractivity contribution in [3.05, 3.63) is 29.8 Å². The van der Waals surface area contributed by atoms with Crippen LogP contribution in [0.15, 0.2) is 29.2 Å². The Morgan fingerprint density at radius 1 is 1.41 bits per heavy atom. The van der Waals surface area contributed by atoms with Crippen molar-refractivity contribution in [2.75, 3.05) is 0 Å². The molecule has 0 saturated heterocycles. The predicted molar refractivity (Wildman–Crippen MR) is 72.6 cm³/mol. The molecule has 2 rings (SSSR count). The van der Waals surface area contributed by atoms with Crippen LogP contribution < -0.4 is 5.32 Å². The molecule has 1 amide bonds. The monoisotopic (exact) mass is 249 g/mol. The molecule has 92 valence electrons. The number of rotatable bonds is 2. The van der Waals surface area contributed by atoms with E-state index in [9.17, 15) is 4.79 Å². The van der Waals surface area contributed by atoms with E-state index in [0.29, 0.717) is 17.0 Å². The van der Waals surface area contributed by atoms with Gasteiger partial charge in [0.2, 0.25) is 0 Å². The number of carbonyl (C=O) groups is 1. The van der Waals surface area contributed by atoms with Crippen molar-refractivity contribution < 1.29 is 4.79 Å². The summed E-state index contributed by atoms with van der Waals surface area (Å²) in [5, 5.41) is 3.10. The second kappa shape index (κ2) is 4.73. The summed E-state index contributed by atoms with van der Waals surface area (Å²) < 4.78 is 0. The number of hydrogen-bond donors (Lipinski definition) is 2. The van der Waals surface area contributed by atoms with Gasteiger partial charge in [0.05, 0.1) is 5.56 Å². The molecule has 1 saturated carbocycles. The fourth-order valence-electron chi connectivity index (χ4n) is 2.49. The Hall–Kier alpha value is -0.960. The van der Waals surface area contributed by atoms with Crippen molar-refractivity contribution in [2.45, 2.75) is 44.0 Å². The SMILES string of the molecule is CC1(C)CCC(NC(=O)c2ccccc2S)C1. The van der Waals surface area contributed by atoms with E-state index >= 15 is 0 Å². The maximum absolute atomic E-state index is 12.1. The Morgan fingerprint density at radius 2 is 2.12 bits per heavy atom. The number of carbonyl (C=O) groups excluding carboxylic acids is 1. The standard InChI is InChI=1S/C14H19NOS/c1-14(2)8-7-10(9-14)15-13(16)11-5-3-4-6-12(11)17/h3-6,10,17H,7-9H2,1-2H3,(H,15,16). The molecule has 1 aromatic rings. The quantitative estimate of drug-likeness (QED) is 0.774. The Balaban J connectivity index is 2.01. The van der Waals surface area contributed by atoms with E-state index in [1.807, 2.05) is 24.3 Å². The van der Waals surface area contributed by atoms with Gasteiger partial charge < -0.3 is 5.32 Å². The Labute approximate surface area is 108 Å². The first-order valence-electron chi connectivity index (χ1n) is 6.07. The molecule has 1 N–H and O–H groups in total. The van der Waals surface area contributed by atoms with E-state index in [0.717, 1.165) is 17.7 Å². The summed E-state index contributed by atoms with van der Waals surface area (Å²) in [6.07, 6.45) is 3.32. The first kappa shape index (κ1) is 12.5. The number of hydrogen-bond acceptors (Lipinski definition) is 2. The van der Waals surface area contributed by atoms with Gasteiger partial charge in [-0.2, -0.15) is 0 Å². The first-order valence-corrected chi connectivity index (χ1v) is 6.51. The van der Waals surface area contributed by atoms with Crippen molar-refractivity contribution in [1.82, 2.24) is 5.32 Å². The van der Waals surface area contributed by atoms with Crippen molar-refractivity contribution in [1.29, 1.82) is 0 Å². The Bertz CT molecular complexity index is 428. The third-order valence-corrected chi connectivity index (χ3v) is 3.84. The zero-order chi connectivity index (χ0) is 12.5. The summed E-state index contributed by atoms with van der Waals surface area (Å²) in [6, 6.07) is 7.73. The van der Waals surface area contributed by atoms with Crippen LogP contribution in [0.3, 0.4) is 0 Å². The normalized spacial score (nSPS) is 22.4.